The van der Waals surface area contributed by atoms with Crippen LogP contribution in [0.3, 0.4) is 0 Å². The van der Waals surface area contributed by atoms with Crippen LogP contribution in [0.15, 0.2) is 12.3 Å². The van der Waals surface area contributed by atoms with Crippen molar-refractivity contribution in [2.45, 2.75) is 0 Å². The summed E-state index contributed by atoms with van der Waals surface area (Å²) in [6.45, 7) is 4.06. The largest absolute Gasteiger partial charge is 0.367 e. The van der Waals surface area contributed by atoms with Gasteiger partial charge in [0.1, 0.15) is 0 Å². The molecule has 2 aromatic rings. The number of hydrogen-bond acceptors (Lipinski definition) is 5. The van der Waals surface area contributed by atoms with Gasteiger partial charge < -0.3 is 10.2 Å². The first-order valence-corrected chi connectivity index (χ1v) is 5.46. The molecular weight excluding hydrogens is 204 g/mol. The van der Waals surface area contributed by atoms with E-state index in [0.29, 0.717) is 0 Å². The molecule has 0 amide bonds. The summed E-state index contributed by atoms with van der Waals surface area (Å²) in [5.74, 6) is 0. The van der Waals surface area contributed by atoms with Gasteiger partial charge in [0.15, 0.2) is 11.2 Å². The lowest BCUT2D eigenvalue weighted by molar-refractivity contribution is 0.590. The SMILES string of the molecule is Cn1nnc2c(N3CCNCC3)ccnc21. The molecule has 84 valence electrons. The quantitative estimate of drug-likeness (QED) is 0.716. The zero-order valence-corrected chi connectivity index (χ0v) is 9.22. The molecule has 1 fully saturated rings. The van der Waals surface area contributed by atoms with E-state index in [2.05, 4.69) is 25.5 Å². The molecule has 0 aromatic carbocycles. The van der Waals surface area contributed by atoms with E-state index in [1.807, 2.05) is 19.3 Å². The van der Waals surface area contributed by atoms with Crippen LogP contribution in [0.2, 0.25) is 0 Å². The van der Waals surface area contributed by atoms with Crippen molar-refractivity contribution in [3.05, 3.63) is 12.3 Å². The lowest BCUT2D eigenvalue weighted by atomic mass is 10.2. The molecule has 0 unspecified atom stereocenters. The smallest absolute Gasteiger partial charge is 0.180 e. The molecule has 3 heterocycles. The molecule has 3 rings (SSSR count). The molecule has 0 spiro atoms. The van der Waals surface area contributed by atoms with Crippen LogP contribution in [0, 0.1) is 0 Å². The van der Waals surface area contributed by atoms with Crippen molar-refractivity contribution in [3.8, 4) is 0 Å². The highest BCUT2D eigenvalue weighted by molar-refractivity contribution is 5.85. The highest BCUT2D eigenvalue weighted by atomic mass is 15.4. The minimum atomic E-state index is 0.844. The van der Waals surface area contributed by atoms with Crippen LogP contribution in [-0.4, -0.2) is 46.2 Å². The summed E-state index contributed by atoms with van der Waals surface area (Å²) in [5, 5.41) is 11.5. The maximum Gasteiger partial charge on any atom is 0.180 e. The topological polar surface area (TPSA) is 58.9 Å². The van der Waals surface area contributed by atoms with E-state index >= 15 is 0 Å². The third-order valence-electron chi connectivity index (χ3n) is 2.93. The Morgan fingerprint density at radius 2 is 2.12 bits per heavy atom. The zero-order valence-electron chi connectivity index (χ0n) is 9.22. The zero-order chi connectivity index (χ0) is 11.0. The predicted octanol–water partition coefficient (Wildman–Crippen LogP) is -0.227. The number of rotatable bonds is 1. The molecule has 6 nitrogen and oxygen atoms in total. The van der Waals surface area contributed by atoms with E-state index in [-0.39, 0.29) is 0 Å². The van der Waals surface area contributed by atoms with Crippen LogP contribution in [0.25, 0.3) is 11.2 Å². The summed E-state index contributed by atoms with van der Waals surface area (Å²) in [6.07, 6.45) is 1.82. The number of fused-ring (bicyclic) bond motifs is 1. The average Bonchev–Trinajstić information content (AvgIpc) is 2.73. The first-order chi connectivity index (χ1) is 7.86. The second kappa shape index (κ2) is 3.71. The Bertz CT molecular complexity index is 499. The van der Waals surface area contributed by atoms with Crippen molar-refractivity contribution in [2.75, 3.05) is 31.1 Å². The van der Waals surface area contributed by atoms with Gasteiger partial charge in [0.25, 0.3) is 0 Å². The van der Waals surface area contributed by atoms with Crippen molar-refractivity contribution < 1.29 is 0 Å². The van der Waals surface area contributed by atoms with E-state index in [9.17, 15) is 0 Å². The Morgan fingerprint density at radius 1 is 1.31 bits per heavy atom. The maximum absolute atomic E-state index is 4.29. The summed E-state index contributed by atoms with van der Waals surface area (Å²) in [7, 11) is 1.86. The Hall–Kier alpha value is -1.69. The molecule has 1 saturated heterocycles. The minimum absolute atomic E-state index is 0.844. The molecule has 6 heteroatoms. The van der Waals surface area contributed by atoms with Gasteiger partial charge in [-0.25, -0.2) is 9.67 Å². The highest BCUT2D eigenvalue weighted by Crippen LogP contribution is 2.22. The molecule has 1 aliphatic heterocycles. The molecule has 0 aliphatic carbocycles. The van der Waals surface area contributed by atoms with Crippen LogP contribution in [0.1, 0.15) is 0 Å². The number of piperazine rings is 1. The van der Waals surface area contributed by atoms with Crippen molar-refractivity contribution in [1.82, 2.24) is 25.3 Å². The summed E-state index contributed by atoms with van der Waals surface area (Å²) >= 11 is 0. The Morgan fingerprint density at radius 3 is 2.94 bits per heavy atom. The molecule has 2 aromatic heterocycles. The average molecular weight is 218 g/mol. The van der Waals surface area contributed by atoms with E-state index in [1.54, 1.807) is 4.68 Å². The monoisotopic (exact) mass is 218 g/mol. The molecule has 1 aliphatic rings. The summed E-state index contributed by atoms with van der Waals surface area (Å²) in [6, 6.07) is 2.02. The molecule has 0 saturated carbocycles. The van der Waals surface area contributed by atoms with Crippen LogP contribution in [0.5, 0.6) is 0 Å². The summed E-state index contributed by atoms with van der Waals surface area (Å²) in [5.41, 5.74) is 2.88. The Balaban J connectivity index is 2.08. The third-order valence-corrected chi connectivity index (χ3v) is 2.93. The number of aryl methyl sites for hydroxylation is 1. The van der Waals surface area contributed by atoms with Crippen molar-refractivity contribution in [2.24, 2.45) is 7.05 Å². The molecule has 0 atom stereocenters. The van der Waals surface area contributed by atoms with Crippen molar-refractivity contribution >= 4 is 16.9 Å². The first-order valence-electron chi connectivity index (χ1n) is 5.46. The van der Waals surface area contributed by atoms with Gasteiger partial charge >= 0.3 is 0 Å². The van der Waals surface area contributed by atoms with Crippen molar-refractivity contribution in [3.63, 3.8) is 0 Å². The van der Waals surface area contributed by atoms with Gasteiger partial charge in [0.05, 0.1) is 5.69 Å². The number of aromatic nitrogens is 4. The number of pyridine rings is 1. The third kappa shape index (κ3) is 1.42. The van der Waals surface area contributed by atoms with Crippen LogP contribution in [0.4, 0.5) is 5.69 Å². The Kier molecular flexibility index (Phi) is 2.21. The standard InChI is InChI=1S/C10H14N6/c1-15-10-9(13-14-15)8(2-3-12-10)16-6-4-11-5-7-16/h2-3,11H,4-7H2,1H3. The van der Waals surface area contributed by atoms with E-state index in [4.69, 9.17) is 0 Å². The number of hydrogen-bond donors (Lipinski definition) is 1. The molecule has 1 N–H and O–H groups in total. The number of nitrogens with one attached hydrogen (secondary N) is 1. The number of anilines is 1. The highest BCUT2D eigenvalue weighted by Gasteiger charge is 2.16. The van der Waals surface area contributed by atoms with Crippen LogP contribution < -0.4 is 10.2 Å². The van der Waals surface area contributed by atoms with Gasteiger partial charge in [-0.15, -0.1) is 5.10 Å². The summed E-state index contributed by atoms with van der Waals surface area (Å²) in [4.78, 5) is 6.62. The van der Waals surface area contributed by atoms with E-state index in [1.165, 1.54) is 0 Å². The van der Waals surface area contributed by atoms with Gasteiger partial charge in [-0.3, -0.25) is 0 Å². The summed E-state index contributed by atoms with van der Waals surface area (Å²) < 4.78 is 1.71. The van der Waals surface area contributed by atoms with Crippen molar-refractivity contribution in [1.29, 1.82) is 0 Å². The van der Waals surface area contributed by atoms with Gasteiger partial charge in [-0.05, 0) is 6.07 Å². The molecule has 0 radical (unpaired) electrons. The minimum Gasteiger partial charge on any atom is -0.367 e. The molecule has 16 heavy (non-hydrogen) atoms. The van der Waals surface area contributed by atoms with Gasteiger partial charge in [-0.2, -0.15) is 0 Å². The van der Waals surface area contributed by atoms with E-state index < -0.39 is 0 Å². The fraction of sp³-hybridized carbons (Fsp3) is 0.500. The van der Waals surface area contributed by atoms with Gasteiger partial charge in [-0.1, -0.05) is 5.21 Å². The fourth-order valence-corrected chi connectivity index (χ4v) is 2.08. The fourth-order valence-electron chi connectivity index (χ4n) is 2.08. The van der Waals surface area contributed by atoms with Crippen LogP contribution >= 0.6 is 0 Å². The van der Waals surface area contributed by atoms with E-state index in [0.717, 1.165) is 43.0 Å². The van der Waals surface area contributed by atoms with Gasteiger partial charge in [0, 0.05) is 39.4 Å². The van der Waals surface area contributed by atoms with Crippen LogP contribution in [-0.2, 0) is 7.05 Å². The lowest BCUT2D eigenvalue weighted by Gasteiger charge is -2.29. The predicted molar refractivity (Wildman–Crippen MR) is 61.4 cm³/mol. The normalized spacial score (nSPS) is 16.9. The second-order valence-corrected chi connectivity index (χ2v) is 3.95. The van der Waals surface area contributed by atoms with Gasteiger partial charge in [0.2, 0.25) is 0 Å². The molecule has 0 bridgehead atoms. The maximum atomic E-state index is 4.29. The lowest BCUT2D eigenvalue weighted by Crippen LogP contribution is -2.43. The first kappa shape index (κ1) is 9.53. The molecular formula is C10H14N6. The second-order valence-electron chi connectivity index (χ2n) is 3.95. The number of nitrogens with zero attached hydrogens (tertiary/aromatic N) is 5. The Labute approximate surface area is 93.3 Å².